The Morgan fingerprint density at radius 3 is 2.35 bits per heavy atom. The van der Waals surface area contributed by atoms with Crippen molar-refractivity contribution in [3.63, 3.8) is 0 Å². The molecule has 5 rings (SSSR count). The van der Waals surface area contributed by atoms with Crippen LogP contribution in [-0.4, -0.2) is 96.2 Å². The number of nitrogens with zero attached hydrogens (tertiary/aromatic N) is 4. The van der Waals surface area contributed by atoms with Gasteiger partial charge in [0.1, 0.15) is 11.4 Å². The van der Waals surface area contributed by atoms with E-state index in [4.69, 9.17) is 14.2 Å². The summed E-state index contributed by atoms with van der Waals surface area (Å²) >= 11 is 0. The van der Waals surface area contributed by atoms with E-state index in [0.717, 1.165) is 18.4 Å². The predicted octanol–water partition coefficient (Wildman–Crippen LogP) is 5.75. The third kappa shape index (κ3) is 9.19. The number of hydrogen-bond donors (Lipinski definition) is 1. The molecule has 4 amide bonds. The molecule has 1 saturated carbocycles. The summed E-state index contributed by atoms with van der Waals surface area (Å²) in [5.74, 6) is -2.40. The largest absolute Gasteiger partial charge is 0.476 e. The first-order valence-electron chi connectivity index (χ1n) is 18.2. The number of carbonyl (C=O) groups excluding carboxylic acids is 4. The maximum atomic E-state index is 14.6. The zero-order valence-corrected chi connectivity index (χ0v) is 31.8. The van der Waals surface area contributed by atoms with Crippen LogP contribution in [0, 0.1) is 11.8 Å². The Hall–Kier alpha value is -4.29. The Bertz CT molecular complexity index is 1660. The lowest BCUT2D eigenvalue weighted by Crippen LogP contribution is -2.53. The Kier molecular flexibility index (Phi) is 11.5. The van der Waals surface area contributed by atoms with Gasteiger partial charge in [0.2, 0.25) is 11.8 Å². The molecule has 2 heterocycles. The molecule has 12 heteroatoms. The number of anilines is 2. The summed E-state index contributed by atoms with van der Waals surface area (Å²) in [5, 5.41) is 10.9. The van der Waals surface area contributed by atoms with Crippen molar-refractivity contribution >= 4 is 41.4 Å². The summed E-state index contributed by atoms with van der Waals surface area (Å²) < 4.78 is 17.1. The van der Waals surface area contributed by atoms with Gasteiger partial charge in [-0.3, -0.25) is 14.4 Å². The van der Waals surface area contributed by atoms with Gasteiger partial charge in [0.25, 0.3) is 5.91 Å². The molecule has 1 aliphatic carbocycles. The second-order valence-corrected chi connectivity index (χ2v) is 16.2. The fourth-order valence-corrected chi connectivity index (χ4v) is 6.86. The number of piperidine rings is 1. The van der Waals surface area contributed by atoms with Gasteiger partial charge in [0.05, 0.1) is 23.1 Å². The summed E-state index contributed by atoms with van der Waals surface area (Å²) in [6.45, 7) is 13.1. The summed E-state index contributed by atoms with van der Waals surface area (Å²) in [7, 11) is 1.62. The molecule has 3 atom stereocenters. The highest BCUT2D eigenvalue weighted by Crippen LogP contribution is 2.43. The summed E-state index contributed by atoms with van der Waals surface area (Å²) in [4.78, 5) is 64.6. The highest BCUT2D eigenvalue weighted by molar-refractivity contribution is 6.04. The molecule has 3 aliphatic rings. The number of amides is 4. The van der Waals surface area contributed by atoms with E-state index < -0.39 is 46.6 Å². The van der Waals surface area contributed by atoms with Crippen molar-refractivity contribution in [3.05, 3.63) is 54.1 Å². The van der Waals surface area contributed by atoms with E-state index in [9.17, 15) is 24.3 Å². The SMILES string of the molecule is COCCCN1C(=O)C(C)(C)Oc2ccc(N(C(=O)[C@@H]3C[C@H](C(=O)N=CC(c4ccccc4)C(C)(C)O)CN(C(=O)OC(C)(C)C)C3)C3CC3)cc21. The first-order valence-corrected chi connectivity index (χ1v) is 18.2. The van der Waals surface area contributed by atoms with Crippen LogP contribution >= 0.6 is 0 Å². The molecule has 2 fully saturated rings. The maximum Gasteiger partial charge on any atom is 0.410 e. The van der Waals surface area contributed by atoms with E-state index in [1.807, 2.05) is 42.5 Å². The fraction of sp³-hybridized carbons (Fsp3) is 0.575. The van der Waals surface area contributed by atoms with Crippen molar-refractivity contribution < 1.29 is 38.5 Å². The van der Waals surface area contributed by atoms with Crippen molar-refractivity contribution in [2.24, 2.45) is 16.8 Å². The lowest BCUT2D eigenvalue weighted by Gasteiger charge is -2.40. The van der Waals surface area contributed by atoms with Crippen LogP contribution in [0.5, 0.6) is 5.75 Å². The summed E-state index contributed by atoms with van der Waals surface area (Å²) in [5.41, 5.74) is -1.05. The third-order valence-electron chi connectivity index (χ3n) is 9.59. The number of aliphatic hydroxyl groups is 1. The average Bonchev–Trinajstić information content (AvgIpc) is 3.91. The van der Waals surface area contributed by atoms with Gasteiger partial charge in [0, 0.05) is 57.2 Å². The van der Waals surface area contributed by atoms with Crippen molar-refractivity contribution in [1.29, 1.82) is 0 Å². The van der Waals surface area contributed by atoms with Crippen molar-refractivity contribution in [3.8, 4) is 5.75 Å². The van der Waals surface area contributed by atoms with E-state index in [-0.39, 0.29) is 37.4 Å². The molecule has 1 unspecified atom stereocenters. The van der Waals surface area contributed by atoms with Gasteiger partial charge >= 0.3 is 6.09 Å². The van der Waals surface area contributed by atoms with Gasteiger partial charge in [-0.15, -0.1) is 0 Å². The number of methoxy groups -OCH3 is 1. The molecule has 2 aliphatic heterocycles. The summed E-state index contributed by atoms with van der Waals surface area (Å²) in [6.07, 6.45) is 3.26. The van der Waals surface area contributed by atoms with E-state index in [2.05, 4.69) is 4.99 Å². The zero-order chi connectivity index (χ0) is 38.0. The van der Waals surface area contributed by atoms with Crippen molar-refractivity contribution in [2.45, 2.75) is 103 Å². The van der Waals surface area contributed by atoms with Gasteiger partial charge in [-0.2, -0.15) is 0 Å². The Labute approximate surface area is 307 Å². The van der Waals surface area contributed by atoms with Gasteiger partial charge in [-0.25, -0.2) is 9.79 Å². The Balaban J connectivity index is 1.45. The van der Waals surface area contributed by atoms with Crippen LogP contribution in [0.4, 0.5) is 16.2 Å². The number of aliphatic imine (C=N–C) groups is 1. The highest BCUT2D eigenvalue weighted by atomic mass is 16.6. The van der Waals surface area contributed by atoms with Crippen LogP contribution in [0.15, 0.2) is 53.5 Å². The van der Waals surface area contributed by atoms with Crippen molar-refractivity contribution in [2.75, 3.05) is 43.2 Å². The molecule has 12 nitrogen and oxygen atoms in total. The Morgan fingerprint density at radius 1 is 1.06 bits per heavy atom. The van der Waals surface area contributed by atoms with Crippen LogP contribution in [0.2, 0.25) is 0 Å². The molecular formula is C40H54N4O8. The molecule has 0 bridgehead atoms. The zero-order valence-electron chi connectivity index (χ0n) is 31.8. The van der Waals surface area contributed by atoms with Gasteiger partial charge < -0.3 is 34.0 Å². The number of hydrogen-bond acceptors (Lipinski definition) is 8. The minimum absolute atomic E-state index is 0.0430. The molecule has 52 heavy (non-hydrogen) atoms. The van der Waals surface area contributed by atoms with Crippen LogP contribution < -0.4 is 14.5 Å². The summed E-state index contributed by atoms with van der Waals surface area (Å²) in [6, 6.07) is 14.7. The first-order chi connectivity index (χ1) is 24.4. The van der Waals surface area contributed by atoms with E-state index in [0.29, 0.717) is 36.7 Å². The van der Waals surface area contributed by atoms with E-state index >= 15 is 0 Å². The first kappa shape index (κ1) is 38.9. The number of ether oxygens (including phenoxy) is 3. The number of rotatable bonds is 11. The van der Waals surface area contributed by atoms with Crippen molar-refractivity contribution in [1.82, 2.24) is 4.90 Å². The number of carbonyl (C=O) groups is 4. The monoisotopic (exact) mass is 718 g/mol. The normalized spacial score (nSPS) is 21.0. The molecule has 2 aromatic rings. The van der Waals surface area contributed by atoms with Crippen LogP contribution in [0.3, 0.4) is 0 Å². The van der Waals surface area contributed by atoms with Crippen LogP contribution in [-0.2, 0) is 23.9 Å². The topological polar surface area (TPSA) is 138 Å². The molecule has 0 radical (unpaired) electrons. The van der Waals surface area contributed by atoms with E-state index in [1.165, 1.54) is 11.1 Å². The molecular weight excluding hydrogens is 664 g/mol. The molecule has 1 saturated heterocycles. The quantitative estimate of drug-likeness (QED) is 0.229. The van der Waals surface area contributed by atoms with Gasteiger partial charge in [-0.1, -0.05) is 30.3 Å². The predicted molar refractivity (Wildman–Crippen MR) is 199 cm³/mol. The molecule has 282 valence electrons. The number of likely N-dealkylation sites (tertiary alicyclic amines) is 1. The smallest absolute Gasteiger partial charge is 0.410 e. The van der Waals surface area contributed by atoms with Gasteiger partial charge in [0.15, 0.2) is 5.60 Å². The number of benzene rings is 2. The minimum atomic E-state index is -1.21. The second kappa shape index (κ2) is 15.4. The molecule has 0 aromatic heterocycles. The lowest BCUT2D eigenvalue weighted by molar-refractivity contribution is -0.132. The molecule has 1 N–H and O–H groups in total. The highest BCUT2D eigenvalue weighted by Gasteiger charge is 2.45. The standard InChI is InChI=1S/C40H54N4O8/c1-38(2,3)52-37(48)42-24-27(34(45)41-23-31(39(4,5)49)26-13-10-9-11-14-26)21-28(25-42)35(46)44(29-15-16-29)30-17-18-33-32(22-30)43(19-12-20-50-8)36(47)40(6,7)51-33/h9-11,13-14,17-18,22-23,27-29,31,49H,12,15-16,19-21,24-25H2,1-8H3/t27-,28+,31?/m0/s1. The molecule has 2 aromatic carbocycles. The second-order valence-electron chi connectivity index (χ2n) is 16.2. The number of fused-ring (bicyclic) bond motifs is 1. The maximum absolute atomic E-state index is 14.6. The molecule has 0 spiro atoms. The van der Waals surface area contributed by atoms with Crippen LogP contribution in [0.25, 0.3) is 0 Å². The lowest BCUT2D eigenvalue weighted by atomic mass is 9.85. The fourth-order valence-electron chi connectivity index (χ4n) is 6.86. The average molecular weight is 719 g/mol. The minimum Gasteiger partial charge on any atom is -0.476 e. The van der Waals surface area contributed by atoms with Gasteiger partial charge in [-0.05, 0) is 97.9 Å². The van der Waals surface area contributed by atoms with E-state index in [1.54, 1.807) is 71.4 Å². The van der Waals surface area contributed by atoms with Crippen LogP contribution in [0.1, 0.15) is 85.6 Å². The Morgan fingerprint density at radius 2 is 1.73 bits per heavy atom. The third-order valence-corrected chi connectivity index (χ3v) is 9.59.